The molecule has 4 nitrogen and oxygen atoms in total. The summed E-state index contributed by atoms with van der Waals surface area (Å²) in [6.07, 6.45) is 1.82. The summed E-state index contributed by atoms with van der Waals surface area (Å²) in [7, 11) is 1.66. The number of amides is 1. The van der Waals surface area contributed by atoms with Crippen LogP contribution in [0.5, 0.6) is 5.75 Å². The van der Waals surface area contributed by atoms with Crippen LogP contribution in [0.3, 0.4) is 0 Å². The fourth-order valence-electron chi connectivity index (χ4n) is 2.60. The van der Waals surface area contributed by atoms with Crippen LogP contribution in [0.4, 0.5) is 5.69 Å². The first kappa shape index (κ1) is 13.9. The van der Waals surface area contributed by atoms with Gasteiger partial charge in [0.25, 0.3) is 0 Å². The van der Waals surface area contributed by atoms with Gasteiger partial charge in [-0.1, -0.05) is 6.07 Å². The van der Waals surface area contributed by atoms with Gasteiger partial charge in [-0.25, -0.2) is 0 Å². The smallest absolute Gasteiger partial charge is 0.227 e. The van der Waals surface area contributed by atoms with Crippen molar-refractivity contribution in [2.24, 2.45) is 5.92 Å². The molecule has 1 aromatic carbocycles. The molecule has 0 bridgehead atoms. The molecule has 0 unspecified atom stereocenters. The van der Waals surface area contributed by atoms with E-state index in [1.165, 1.54) is 0 Å². The molecule has 1 aromatic rings. The van der Waals surface area contributed by atoms with Gasteiger partial charge < -0.3 is 15.4 Å². The Morgan fingerprint density at radius 2 is 2.00 bits per heavy atom. The van der Waals surface area contributed by atoms with E-state index in [1.807, 2.05) is 26.0 Å². The van der Waals surface area contributed by atoms with Gasteiger partial charge in [-0.3, -0.25) is 4.79 Å². The first-order chi connectivity index (χ1) is 9.13. The molecule has 4 heteroatoms. The van der Waals surface area contributed by atoms with E-state index in [-0.39, 0.29) is 11.8 Å². The number of ether oxygens (including phenoxy) is 1. The highest BCUT2D eigenvalue weighted by molar-refractivity contribution is 5.93. The molecular formula is C15H22N2O2. The molecule has 104 valence electrons. The zero-order valence-corrected chi connectivity index (χ0v) is 11.9. The number of hydrogen-bond donors (Lipinski definition) is 2. The van der Waals surface area contributed by atoms with Crippen LogP contribution in [-0.2, 0) is 4.79 Å². The summed E-state index contributed by atoms with van der Waals surface area (Å²) in [6, 6.07) is 3.93. The summed E-state index contributed by atoms with van der Waals surface area (Å²) < 4.78 is 5.38. The van der Waals surface area contributed by atoms with Crippen molar-refractivity contribution in [2.45, 2.75) is 26.7 Å². The molecule has 2 rings (SSSR count). The van der Waals surface area contributed by atoms with Gasteiger partial charge in [0, 0.05) is 17.2 Å². The third kappa shape index (κ3) is 3.07. The maximum atomic E-state index is 12.2. The Kier molecular flexibility index (Phi) is 4.43. The Morgan fingerprint density at radius 3 is 2.63 bits per heavy atom. The van der Waals surface area contributed by atoms with Crippen molar-refractivity contribution >= 4 is 11.6 Å². The number of aryl methyl sites for hydroxylation is 1. The number of anilines is 1. The summed E-state index contributed by atoms with van der Waals surface area (Å²) in [5.74, 6) is 1.09. The maximum Gasteiger partial charge on any atom is 0.227 e. The van der Waals surface area contributed by atoms with E-state index < -0.39 is 0 Å². The normalized spacial score (nSPS) is 16.2. The van der Waals surface area contributed by atoms with E-state index >= 15 is 0 Å². The predicted octanol–water partition coefficient (Wildman–Crippen LogP) is 2.25. The number of hydrogen-bond acceptors (Lipinski definition) is 3. The average molecular weight is 262 g/mol. The highest BCUT2D eigenvalue weighted by Crippen LogP contribution is 2.29. The van der Waals surface area contributed by atoms with Crippen molar-refractivity contribution < 1.29 is 9.53 Å². The molecule has 0 saturated carbocycles. The number of piperidine rings is 1. The van der Waals surface area contributed by atoms with Crippen LogP contribution < -0.4 is 15.4 Å². The quantitative estimate of drug-likeness (QED) is 0.878. The molecule has 19 heavy (non-hydrogen) atoms. The van der Waals surface area contributed by atoms with Crippen molar-refractivity contribution in [1.29, 1.82) is 0 Å². The summed E-state index contributed by atoms with van der Waals surface area (Å²) in [6.45, 7) is 5.83. The lowest BCUT2D eigenvalue weighted by atomic mass is 9.97. The van der Waals surface area contributed by atoms with E-state index in [1.54, 1.807) is 7.11 Å². The van der Waals surface area contributed by atoms with Crippen LogP contribution in [0.15, 0.2) is 12.1 Å². The highest BCUT2D eigenvalue weighted by Gasteiger charge is 2.21. The number of nitrogens with one attached hydrogen (secondary N) is 2. The van der Waals surface area contributed by atoms with E-state index in [4.69, 9.17) is 4.74 Å². The zero-order valence-electron chi connectivity index (χ0n) is 11.9. The summed E-state index contributed by atoms with van der Waals surface area (Å²) in [5.41, 5.74) is 2.93. The van der Waals surface area contributed by atoms with Crippen LogP contribution in [-0.4, -0.2) is 26.1 Å². The van der Waals surface area contributed by atoms with Crippen LogP contribution in [0.2, 0.25) is 0 Å². The molecule has 1 aliphatic rings. The Bertz CT molecular complexity index is 465. The number of carbonyl (C=O) groups excluding carboxylic acids is 1. The monoisotopic (exact) mass is 262 g/mol. The lowest BCUT2D eigenvalue weighted by molar-refractivity contribution is -0.120. The molecule has 0 aliphatic carbocycles. The second-order valence-electron chi connectivity index (χ2n) is 5.10. The van der Waals surface area contributed by atoms with Crippen molar-refractivity contribution in [3.63, 3.8) is 0 Å². The third-order valence-electron chi connectivity index (χ3n) is 3.77. The molecule has 0 aromatic heterocycles. The van der Waals surface area contributed by atoms with Crippen LogP contribution in [0.1, 0.15) is 24.0 Å². The number of methoxy groups -OCH3 is 1. The topological polar surface area (TPSA) is 50.4 Å². The van der Waals surface area contributed by atoms with Crippen LogP contribution in [0, 0.1) is 19.8 Å². The summed E-state index contributed by atoms with van der Waals surface area (Å²) in [5, 5.41) is 6.31. The van der Waals surface area contributed by atoms with Gasteiger partial charge in [0.2, 0.25) is 5.91 Å². The molecular weight excluding hydrogens is 240 g/mol. The SMILES string of the molecule is COc1c(C)ccc(NC(=O)C2CCNCC2)c1C. The van der Waals surface area contributed by atoms with Crippen molar-refractivity contribution in [1.82, 2.24) is 5.32 Å². The predicted molar refractivity (Wildman–Crippen MR) is 76.7 cm³/mol. The lowest BCUT2D eigenvalue weighted by Gasteiger charge is -2.22. The minimum absolute atomic E-state index is 0.118. The zero-order chi connectivity index (χ0) is 13.8. The van der Waals surface area contributed by atoms with E-state index in [9.17, 15) is 4.79 Å². The molecule has 0 spiro atoms. The Balaban J connectivity index is 2.12. The van der Waals surface area contributed by atoms with E-state index in [0.717, 1.165) is 48.5 Å². The fourth-order valence-corrected chi connectivity index (χ4v) is 2.60. The summed E-state index contributed by atoms with van der Waals surface area (Å²) >= 11 is 0. The molecule has 0 radical (unpaired) electrons. The molecule has 2 N–H and O–H groups in total. The minimum atomic E-state index is 0.118. The minimum Gasteiger partial charge on any atom is -0.496 e. The van der Waals surface area contributed by atoms with Gasteiger partial charge >= 0.3 is 0 Å². The van der Waals surface area contributed by atoms with Crippen molar-refractivity contribution in [3.05, 3.63) is 23.3 Å². The number of rotatable bonds is 3. The standard InChI is InChI=1S/C15H22N2O2/c1-10-4-5-13(11(2)14(10)19-3)17-15(18)12-6-8-16-9-7-12/h4-5,12,16H,6-9H2,1-3H3,(H,17,18). The van der Waals surface area contributed by atoms with Gasteiger partial charge in [-0.2, -0.15) is 0 Å². The van der Waals surface area contributed by atoms with Crippen molar-refractivity contribution in [2.75, 3.05) is 25.5 Å². The van der Waals surface area contributed by atoms with Gasteiger partial charge in [0.15, 0.2) is 0 Å². The highest BCUT2D eigenvalue weighted by atomic mass is 16.5. The van der Waals surface area contributed by atoms with Gasteiger partial charge in [-0.15, -0.1) is 0 Å². The largest absolute Gasteiger partial charge is 0.496 e. The second kappa shape index (κ2) is 6.06. The Morgan fingerprint density at radius 1 is 1.32 bits per heavy atom. The fraction of sp³-hybridized carbons (Fsp3) is 0.533. The third-order valence-corrected chi connectivity index (χ3v) is 3.77. The Labute approximate surface area is 114 Å². The maximum absolute atomic E-state index is 12.2. The second-order valence-corrected chi connectivity index (χ2v) is 5.10. The summed E-state index contributed by atoms with van der Waals surface area (Å²) in [4.78, 5) is 12.2. The molecule has 1 aliphatic heterocycles. The molecule has 1 heterocycles. The Hall–Kier alpha value is -1.55. The van der Waals surface area contributed by atoms with E-state index in [0.29, 0.717) is 0 Å². The van der Waals surface area contributed by atoms with Crippen LogP contribution >= 0.6 is 0 Å². The molecule has 1 amide bonds. The van der Waals surface area contributed by atoms with E-state index in [2.05, 4.69) is 10.6 Å². The van der Waals surface area contributed by atoms with Crippen LogP contribution in [0.25, 0.3) is 0 Å². The first-order valence-electron chi connectivity index (χ1n) is 6.79. The van der Waals surface area contributed by atoms with Gasteiger partial charge in [0.05, 0.1) is 7.11 Å². The number of carbonyl (C=O) groups is 1. The first-order valence-corrected chi connectivity index (χ1v) is 6.79. The molecule has 0 atom stereocenters. The molecule has 1 fully saturated rings. The lowest BCUT2D eigenvalue weighted by Crippen LogP contribution is -2.34. The van der Waals surface area contributed by atoms with Gasteiger partial charge in [0.1, 0.15) is 5.75 Å². The number of benzene rings is 1. The van der Waals surface area contributed by atoms with Gasteiger partial charge in [-0.05, 0) is 51.4 Å². The molecule has 1 saturated heterocycles. The van der Waals surface area contributed by atoms with Crippen molar-refractivity contribution in [3.8, 4) is 5.75 Å². The average Bonchev–Trinajstić information content (AvgIpc) is 2.43.